The van der Waals surface area contributed by atoms with Crippen molar-refractivity contribution in [1.29, 1.82) is 0 Å². The maximum absolute atomic E-state index is 13.9. The van der Waals surface area contributed by atoms with Gasteiger partial charge < -0.3 is 9.80 Å². The summed E-state index contributed by atoms with van der Waals surface area (Å²) in [6, 6.07) is 4.62. The number of rotatable bonds is 2. The van der Waals surface area contributed by atoms with Gasteiger partial charge in [-0.25, -0.2) is 14.4 Å². The smallest absolute Gasteiger partial charge is 0.353 e. The van der Waals surface area contributed by atoms with Crippen molar-refractivity contribution in [1.82, 2.24) is 14.9 Å². The maximum Gasteiger partial charge on any atom is 0.433 e. The summed E-state index contributed by atoms with van der Waals surface area (Å²) in [5.41, 5.74) is -1.14. The van der Waals surface area contributed by atoms with Crippen LogP contribution in [0, 0.1) is 12.7 Å². The van der Waals surface area contributed by atoms with E-state index >= 15 is 0 Å². The molecule has 144 valence electrons. The maximum atomic E-state index is 13.9. The van der Waals surface area contributed by atoms with Crippen LogP contribution in [0.5, 0.6) is 0 Å². The average Bonchev–Trinajstić information content (AvgIpc) is 2.62. The Kier molecular flexibility index (Phi) is 5.23. The molecule has 0 radical (unpaired) electrons. The Morgan fingerprint density at radius 2 is 1.78 bits per heavy atom. The number of nitrogens with zero attached hydrogens (tertiary/aromatic N) is 4. The van der Waals surface area contributed by atoms with E-state index in [1.54, 1.807) is 4.90 Å². The molecule has 27 heavy (non-hydrogen) atoms. The third-order valence-electron chi connectivity index (χ3n) is 4.16. The minimum absolute atomic E-state index is 0.0133. The van der Waals surface area contributed by atoms with Gasteiger partial charge in [0.2, 0.25) is 0 Å². The van der Waals surface area contributed by atoms with Crippen LogP contribution in [0.3, 0.4) is 0 Å². The lowest BCUT2D eigenvalue weighted by Crippen LogP contribution is -2.49. The molecule has 1 fully saturated rings. The van der Waals surface area contributed by atoms with E-state index < -0.39 is 23.6 Å². The van der Waals surface area contributed by atoms with Gasteiger partial charge in [-0.15, -0.1) is 0 Å². The van der Waals surface area contributed by atoms with Gasteiger partial charge in [-0.1, -0.05) is 11.6 Å². The third kappa shape index (κ3) is 4.29. The second-order valence-corrected chi connectivity index (χ2v) is 6.50. The Labute approximate surface area is 157 Å². The molecule has 0 saturated carbocycles. The number of hydrogen-bond acceptors (Lipinski definition) is 4. The number of halogens is 5. The number of anilines is 1. The van der Waals surface area contributed by atoms with Gasteiger partial charge in [-0.2, -0.15) is 13.2 Å². The van der Waals surface area contributed by atoms with Gasteiger partial charge >= 0.3 is 6.18 Å². The summed E-state index contributed by atoms with van der Waals surface area (Å²) in [6.07, 6.45) is -4.57. The van der Waals surface area contributed by atoms with E-state index in [4.69, 9.17) is 11.6 Å². The number of alkyl halides is 3. The molecule has 1 aliphatic rings. The van der Waals surface area contributed by atoms with Crippen LogP contribution in [-0.2, 0) is 6.18 Å². The lowest BCUT2D eigenvalue weighted by molar-refractivity contribution is -0.141. The zero-order valence-electron chi connectivity index (χ0n) is 14.2. The molecule has 0 N–H and O–H groups in total. The highest BCUT2D eigenvalue weighted by Crippen LogP contribution is 2.30. The highest BCUT2D eigenvalue weighted by atomic mass is 35.5. The number of hydrogen-bond donors (Lipinski definition) is 0. The highest BCUT2D eigenvalue weighted by Gasteiger charge is 2.34. The van der Waals surface area contributed by atoms with Gasteiger partial charge in [0.25, 0.3) is 5.91 Å². The van der Waals surface area contributed by atoms with Gasteiger partial charge in [0, 0.05) is 37.3 Å². The SMILES string of the molecule is Cc1nc(N2CCN(C(=O)c3cc(Cl)ccc3F)CC2)cc(C(F)(F)F)n1. The Morgan fingerprint density at radius 1 is 1.11 bits per heavy atom. The van der Waals surface area contributed by atoms with Crippen LogP contribution in [-0.4, -0.2) is 47.0 Å². The molecule has 3 rings (SSSR count). The minimum Gasteiger partial charge on any atom is -0.353 e. The normalized spacial score (nSPS) is 15.2. The summed E-state index contributed by atoms with van der Waals surface area (Å²) in [4.78, 5) is 23.0. The fourth-order valence-corrected chi connectivity index (χ4v) is 3.00. The van der Waals surface area contributed by atoms with Crippen molar-refractivity contribution in [3.05, 3.63) is 52.2 Å². The number of carbonyl (C=O) groups excluding carboxylic acids is 1. The van der Waals surface area contributed by atoms with E-state index in [2.05, 4.69) is 9.97 Å². The topological polar surface area (TPSA) is 49.3 Å². The number of piperazine rings is 1. The zero-order chi connectivity index (χ0) is 19.8. The number of benzene rings is 1. The van der Waals surface area contributed by atoms with Crippen LogP contribution in [0.2, 0.25) is 5.02 Å². The van der Waals surface area contributed by atoms with Crippen molar-refractivity contribution in [2.24, 2.45) is 0 Å². The van der Waals surface area contributed by atoms with Gasteiger partial charge in [-0.3, -0.25) is 4.79 Å². The average molecular weight is 403 g/mol. The molecule has 0 atom stereocenters. The van der Waals surface area contributed by atoms with Gasteiger partial charge in [0.05, 0.1) is 5.56 Å². The molecule has 1 aromatic heterocycles. The van der Waals surface area contributed by atoms with Crippen molar-refractivity contribution in [2.45, 2.75) is 13.1 Å². The Bertz CT molecular complexity index is 866. The Hall–Kier alpha value is -2.42. The van der Waals surface area contributed by atoms with Gasteiger partial charge in [0.15, 0.2) is 0 Å². The first-order valence-corrected chi connectivity index (χ1v) is 8.45. The molecule has 1 aliphatic heterocycles. The minimum atomic E-state index is -4.57. The lowest BCUT2D eigenvalue weighted by Gasteiger charge is -2.35. The largest absolute Gasteiger partial charge is 0.433 e. The summed E-state index contributed by atoms with van der Waals surface area (Å²) in [7, 11) is 0. The van der Waals surface area contributed by atoms with E-state index in [1.165, 1.54) is 24.0 Å². The van der Waals surface area contributed by atoms with E-state index in [-0.39, 0.29) is 48.4 Å². The third-order valence-corrected chi connectivity index (χ3v) is 4.40. The van der Waals surface area contributed by atoms with Crippen molar-refractivity contribution < 1.29 is 22.4 Å². The number of amides is 1. The molecule has 10 heteroatoms. The fourth-order valence-electron chi connectivity index (χ4n) is 2.83. The van der Waals surface area contributed by atoms with Crippen LogP contribution in [0.4, 0.5) is 23.4 Å². The van der Waals surface area contributed by atoms with Gasteiger partial charge in [0.1, 0.15) is 23.2 Å². The van der Waals surface area contributed by atoms with Crippen LogP contribution in [0.1, 0.15) is 21.9 Å². The number of carbonyl (C=O) groups is 1. The molecular weight excluding hydrogens is 388 g/mol. The summed E-state index contributed by atoms with van der Waals surface area (Å²) in [6.45, 7) is 2.36. The summed E-state index contributed by atoms with van der Waals surface area (Å²) in [5, 5.41) is 0.245. The quantitative estimate of drug-likeness (QED) is 0.721. The first-order chi connectivity index (χ1) is 12.6. The molecule has 2 aromatic rings. The van der Waals surface area contributed by atoms with Crippen molar-refractivity contribution in [3.8, 4) is 0 Å². The van der Waals surface area contributed by atoms with E-state index in [0.717, 1.165) is 12.1 Å². The predicted octanol–water partition coefficient (Wildman–Crippen LogP) is 3.56. The number of aryl methyl sites for hydroxylation is 1. The molecule has 1 amide bonds. The first-order valence-electron chi connectivity index (χ1n) is 8.07. The van der Waals surface area contributed by atoms with Crippen molar-refractivity contribution >= 4 is 23.3 Å². The second kappa shape index (κ2) is 7.30. The molecule has 0 bridgehead atoms. The van der Waals surface area contributed by atoms with E-state index in [9.17, 15) is 22.4 Å². The fraction of sp³-hybridized carbons (Fsp3) is 0.353. The van der Waals surface area contributed by atoms with Crippen LogP contribution in [0.25, 0.3) is 0 Å². The summed E-state index contributed by atoms with van der Waals surface area (Å²) >= 11 is 5.82. The van der Waals surface area contributed by atoms with E-state index in [1.807, 2.05) is 0 Å². The molecule has 0 spiro atoms. The molecule has 1 aromatic carbocycles. The predicted molar refractivity (Wildman–Crippen MR) is 91.3 cm³/mol. The van der Waals surface area contributed by atoms with Gasteiger partial charge in [-0.05, 0) is 25.1 Å². The van der Waals surface area contributed by atoms with E-state index in [0.29, 0.717) is 0 Å². The molecule has 0 unspecified atom stereocenters. The number of aromatic nitrogens is 2. The van der Waals surface area contributed by atoms with Crippen LogP contribution in [0.15, 0.2) is 24.3 Å². The Balaban J connectivity index is 1.73. The van der Waals surface area contributed by atoms with Crippen molar-refractivity contribution in [3.63, 3.8) is 0 Å². The Morgan fingerprint density at radius 3 is 2.41 bits per heavy atom. The summed E-state index contributed by atoms with van der Waals surface area (Å²) in [5.74, 6) is -1.02. The highest BCUT2D eigenvalue weighted by molar-refractivity contribution is 6.31. The standard InChI is InChI=1S/C17H15ClF4N4O/c1-10-23-14(17(20,21)22)9-15(24-10)25-4-6-26(7-5-25)16(27)12-8-11(18)2-3-13(12)19/h2-3,8-9H,4-7H2,1H3. The molecule has 2 heterocycles. The van der Waals surface area contributed by atoms with Crippen LogP contribution >= 0.6 is 11.6 Å². The lowest BCUT2D eigenvalue weighted by atomic mass is 10.1. The molecular formula is C17H15ClF4N4O. The summed E-state index contributed by atoms with van der Waals surface area (Å²) < 4.78 is 52.7. The molecule has 0 aliphatic carbocycles. The first kappa shape index (κ1) is 19.3. The van der Waals surface area contributed by atoms with Crippen molar-refractivity contribution in [2.75, 3.05) is 31.1 Å². The van der Waals surface area contributed by atoms with Crippen LogP contribution < -0.4 is 4.90 Å². The second-order valence-electron chi connectivity index (χ2n) is 6.06. The monoisotopic (exact) mass is 402 g/mol. The zero-order valence-corrected chi connectivity index (χ0v) is 15.0. The molecule has 5 nitrogen and oxygen atoms in total. The molecule has 1 saturated heterocycles.